The van der Waals surface area contributed by atoms with Crippen molar-refractivity contribution in [2.75, 3.05) is 5.32 Å². The summed E-state index contributed by atoms with van der Waals surface area (Å²) in [4.78, 5) is 23.1. The largest absolute Gasteiger partial charge is 0.343 e. The Bertz CT molecular complexity index is 542. The number of amides is 1. The summed E-state index contributed by atoms with van der Waals surface area (Å²) in [7, 11) is 0. The van der Waals surface area contributed by atoms with Gasteiger partial charge in [-0.2, -0.15) is 0 Å². The number of aromatic amines is 1. The molecule has 2 aromatic heterocycles. The van der Waals surface area contributed by atoms with Crippen molar-refractivity contribution in [3.8, 4) is 0 Å². The Kier molecular flexibility index (Phi) is 2.51. The molecule has 0 radical (unpaired) electrons. The van der Waals surface area contributed by atoms with E-state index in [2.05, 4.69) is 20.3 Å². The predicted octanol–water partition coefficient (Wildman–Crippen LogP) is 2.09. The van der Waals surface area contributed by atoms with Gasteiger partial charge >= 0.3 is 0 Å². The number of hydrogen-bond acceptors (Lipinski definition) is 3. The zero-order valence-electron chi connectivity index (χ0n) is 9.44. The van der Waals surface area contributed by atoms with E-state index in [0.29, 0.717) is 5.65 Å². The fourth-order valence-corrected chi connectivity index (χ4v) is 2.33. The quantitative estimate of drug-likeness (QED) is 0.829. The fraction of sp³-hybridized carbons (Fsp3) is 0.417. The Morgan fingerprint density at radius 2 is 2.18 bits per heavy atom. The lowest BCUT2D eigenvalue weighted by Gasteiger charge is -2.09. The van der Waals surface area contributed by atoms with E-state index >= 15 is 0 Å². The smallest absolute Gasteiger partial charge is 0.227 e. The van der Waals surface area contributed by atoms with Crippen molar-refractivity contribution >= 4 is 22.8 Å². The molecule has 0 bridgehead atoms. The second-order valence-electron chi connectivity index (χ2n) is 4.47. The lowest BCUT2D eigenvalue weighted by Crippen LogP contribution is -2.20. The van der Waals surface area contributed by atoms with Crippen molar-refractivity contribution in [3.63, 3.8) is 0 Å². The molecule has 0 unspecified atom stereocenters. The summed E-state index contributed by atoms with van der Waals surface area (Å²) in [6, 6.07) is 1.86. The number of nitrogens with one attached hydrogen (secondary N) is 2. The van der Waals surface area contributed by atoms with E-state index < -0.39 is 0 Å². The standard InChI is InChI=1S/C12H14N4O/c17-12(8-3-1-2-4-8)16-9-5-10-11(13-6-9)15-7-14-10/h5-8H,1-4H2,(H,16,17)(H,13,14,15). The van der Waals surface area contributed by atoms with Gasteiger partial charge in [-0.15, -0.1) is 0 Å². The number of imidazole rings is 1. The second-order valence-corrected chi connectivity index (χ2v) is 4.47. The molecule has 88 valence electrons. The highest BCUT2D eigenvalue weighted by Gasteiger charge is 2.22. The summed E-state index contributed by atoms with van der Waals surface area (Å²) in [5.41, 5.74) is 2.25. The van der Waals surface area contributed by atoms with Crippen LogP contribution in [0.15, 0.2) is 18.6 Å². The highest BCUT2D eigenvalue weighted by molar-refractivity contribution is 5.93. The highest BCUT2D eigenvalue weighted by atomic mass is 16.1. The molecule has 3 rings (SSSR count). The van der Waals surface area contributed by atoms with E-state index in [4.69, 9.17) is 0 Å². The van der Waals surface area contributed by atoms with E-state index in [9.17, 15) is 4.79 Å². The molecule has 0 aliphatic heterocycles. The second kappa shape index (κ2) is 4.16. The molecule has 1 aliphatic rings. The number of anilines is 1. The van der Waals surface area contributed by atoms with Gasteiger partial charge in [0.25, 0.3) is 0 Å². The molecular formula is C12H14N4O. The number of pyridine rings is 1. The Morgan fingerprint density at radius 3 is 3.00 bits per heavy atom. The number of nitrogens with zero attached hydrogens (tertiary/aromatic N) is 2. The maximum absolute atomic E-state index is 11.9. The van der Waals surface area contributed by atoms with Gasteiger partial charge in [0.2, 0.25) is 5.91 Å². The van der Waals surface area contributed by atoms with Crippen molar-refractivity contribution < 1.29 is 4.79 Å². The first-order valence-electron chi connectivity index (χ1n) is 5.93. The van der Waals surface area contributed by atoms with Gasteiger partial charge in [0.05, 0.1) is 23.7 Å². The molecule has 2 N–H and O–H groups in total. The van der Waals surface area contributed by atoms with Crippen LogP contribution in [0.1, 0.15) is 25.7 Å². The Hall–Kier alpha value is -1.91. The van der Waals surface area contributed by atoms with Crippen LogP contribution < -0.4 is 5.32 Å². The van der Waals surface area contributed by atoms with Crippen molar-refractivity contribution in [1.82, 2.24) is 15.0 Å². The molecule has 0 atom stereocenters. The number of carbonyl (C=O) groups excluding carboxylic acids is 1. The third-order valence-corrected chi connectivity index (χ3v) is 3.27. The van der Waals surface area contributed by atoms with Crippen molar-refractivity contribution in [1.29, 1.82) is 0 Å². The van der Waals surface area contributed by atoms with Crippen LogP contribution in [0, 0.1) is 5.92 Å². The molecule has 17 heavy (non-hydrogen) atoms. The minimum absolute atomic E-state index is 0.114. The average Bonchev–Trinajstić information content (AvgIpc) is 2.99. The first-order chi connectivity index (χ1) is 8.33. The first-order valence-corrected chi connectivity index (χ1v) is 5.93. The van der Waals surface area contributed by atoms with Gasteiger partial charge in [0.1, 0.15) is 0 Å². The third kappa shape index (κ3) is 2.00. The van der Waals surface area contributed by atoms with Gasteiger partial charge in [-0.3, -0.25) is 4.79 Å². The zero-order chi connectivity index (χ0) is 11.7. The van der Waals surface area contributed by atoms with Crippen LogP contribution in [-0.2, 0) is 4.79 Å². The molecule has 1 saturated carbocycles. The van der Waals surface area contributed by atoms with E-state index in [-0.39, 0.29) is 11.8 Å². The summed E-state index contributed by atoms with van der Waals surface area (Å²) in [6.45, 7) is 0. The lowest BCUT2D eigenvalue weighted by molar-refractivity contribution is -0.119. The molecule has 1 aliphatic carbocycles. The minimum atomic E-state index is 0.114. The number of aromatic nitrogens is 3. The maximum Gasteiger partial charge on any atom is 0.227 e. The third-order valence-electron chi connectivity index (χ3n) is 3.27. The lowest BCUT2D eigenvalue weighted by atomic mass is 10.1. The molecule has 0 spiro atoms. The minimum Gasteiger partial charge on any atom is -0.343 e. The van der Waals surface area contributed by atoms with Gasteiger partial charge in [0, 0.05) is 5.92 Å². The van der Waals surface area contributed by atoms with Gasteiger partial charge in [-0.25, -0.2) is 9.97 Å². The zero-order valence-corrected chi connectivity index (χ0v) is 9.44. The summed E-state index contributed by atoms with van der Waals surface area (Å²) >= 11 is 0. The van der Waals surface area contributed by atoms with Crippen LogP contribution in [-0.4, -0.2) is 20.9 Å². The van der Waals surface area contributed by atoms with Gasteiger partial charge in [-0.1, -0.05) is 12.8 Å². The molecule has 0 aromatic carbocycles. The molecule has 2 aromatic rings. The van der Waals surface area contributed by atoms with Crippen LogP contribution in [0.2, 0.25) is 0 Å². The first kappa shape index (κ1) is 10.3. The van der Waals surface area contributed by atoms with E-state index in [1.807, 2.05) is 6.07 Å². The van der Waals surface area contributed by atoms with Crippen LogP contribution in [0.25, 0.3) is 11.2 Å². The van der Waals surface area contributed by atoms with E-state index in [0.717, 1.165) is 36.9 Å². The van der Waals surface area contributed by atoms with E-state index in [1.165, 1.54) is 0 Å². The monoisotopic (exact) mass is 230 g/mol. The maximum atomic E-state index is 11.9. The van der Waals surface area contributed by atoms with Crippen LogP contribution in [0.3, 0.4) is 0 Å². The normalized spacial score (nSPS) is 16.5. The van der Waals surface area contributed by atoms with Crippen molar-refractivity contribution in [3.05, 3.63) is 18.6 Å². The highest BCUT2D eigenvalue weighted by Crippen LogP contribution is 2.26. The predicted molar refractivity (Wildman–Crippen MR) is 64.5 cm³/mol. The number of fused-ring (bicyclic) bond motifs is 1. The van der Waals surface area contributed by atoms with Gasteiger partial charge in [0.15, 0.2) is 5.65 Å². The number of rotatable bonds is 2. The molecule has 5 nitrogen and oxygen atoms in total. The Morgan fingerprint density at radius 1 is 1.35 bits per heavy atom. The molecule has 2 heterocycles. The average molecular weight is 230 g/mol. The SMILES string of the molecule is O=C(Nc1cnc2nc[nH]c2c1)C1CCCC1. The number of hydrogen-bond donors (Lipinski definition) is 2. The van der Waals surface area contributed by atoms with Crippen LogP contribution in [0.4, 0.5) is 5.69 Å². The molecular weight excluding hydrogens is 216 g/mol. The van der Waals surface area contributed by atoms with Crippen LogP contribution in [0.5, 0.6) is 0 Å². The van der Waals surface area contributed by atoms with Gasteiger partial charge in [-0.05, 0) is 18.9 Å². The summed E-state index contributed by atoms with van der Waals surface area (Å²) in [6.07, 6.45) is 7.58. The number of H-pyrrole nitrogens is 1. The summed E-state index contributed by atoms with van der Waals surface area (Å²) in [5.74, 6) is 0.288. The number of carbonyl (C=O) groups is 1. The Balaban J connectivity index is 1.77. The fourth-order valence-electron chi connectivity index (χ4n) is 2.33. The van der Waals surface area contributed by atoms with Crippen molar-refractivity contribution in [2.45, 2.75) is 25.7 Å². The molecule has 5 heteroatoms. The Labute approximate surface area is 98.7 Å². The summed E-state index contributed by atoms with van der Waals surface area (Å²) in [5, 5.41) is 2.92. The van der Waals surface area contributed by atoms with Crippen molar-refractivity contribution in [2.24, 2.45) is 5.92 Å². The molecule has 1 amide bonds. The van der Waals surface area contributed by atoms with E-state index in [1.54, 1.807) is 12.5 Å². The molecule has 0 saturated heterocycles. The topological polar surface area (TPSA) is 70.7 Å². The van der Waals surface area contributed by atoms with Crippen LogP contribution >= 0.6 is 0 Å². The molecule has 1 fully saturated rings. The summed E-state index contributed by atoms with van der Waals surface area (Å²) < 4.78 is 0. The van der Waals surface area contributed by atoms with Gasteiger partial charge < -0.3 is 10.3 Å².